The predicted octanol–water partition coefficient (Wildman–Crippen LogP) is 3.95. The highest BCUT2D eigenvalue weighted by molar-refractivity contribution is 5.65. The Morgan fingerprint density at radius 3 is 2.61 bits per heavy atom. The zero-order chi connectivity index (χ0) is 15.8. The van der Waals surface area contributed by atoms with E-state index in [9.17, 15) is 4.39 Å². The summed E-state index contributed by atoms with van der Waals surface area (Å²) < 4.78 is 17.4. The normalized spacial score (nSPS) is 14.0. The van der Waals surface area contributed by atoms with Gasteiger partial charge in [-0.1, -0.05) is 12.1 Å². The summed E-state index contributed by atoms with van der Waals surface area (Å²) in [6.07, 6.45) is 8.84. The van der Waals surface area contributed by atoms with Crippen LogP contribution >= 0.6 is 0 Å². The summed E-state index contributed by atoms with van der Waals surface area (Å²) in [6, 6.07) is 8.88. The van der Waals surface area contributed by atoms with E-state index in [2.05, 4.69) is 21.9 Å². The highest BCUT2D eigenvalue weighted by Crippen LogP contribution is 2.33. The van der Waals surface area contributed by atoms with Gasteiger partial charge < -0.3 is 4.57 Å². The topological polar surface area (TPSA) is 22.8 Å². The Morgan fingerprint density at radius 1 is 1.09 bits per heavy atom. The van der Waals surface area contributed by atoms with Crippen molar-refractivity contribution >= 4 is 0 Å². The van der Waals surface area contributed by atoms with Crippen LogP contribution in [0.4, 0.5) is 4.39 Å². The molecule has 0 fully saturated rings. The highest BCUT2D eigenvalue weighted by atomic mass is 19.1. The Kier molecular flexibility index (Phi) is 3.52. The number of fused-ring (bicyclic) bond motifs is 1. The quantitative estimate of drug-likeness (QED) is 0.718. The second-order valence-electron chi connectivity index (χ2n) is 6.27. The van der Waals surface area contributed by atoms with Crippen LogP contribution in [0.3, 0.4) is 0 Å². The maximum absolute atomic E-state index is 13.1. The van der Waals surface area contributed by atoms with Crippen LogP contribution in [0.25, 0.3) is 11.3 Å². The van der Waals surface area contributed by atoms with Crippen molar-refractivity contribution in [3.05, 3.63) is 65.4 Å². The van der Waals surface area contributed by atoms with Crippen molar-refractivity contribution in [1.82, 2.24) is 14.3 Å². The molecule has 0 unspecified atom stereocenters. The molecule has 0 radical (unpaired) electrons. The van der Waals surface area contributed by atoms with Crippen LogP contribution in [0.5, 0.6) is 0 Å². The third-order valence-corrected chi connectivity index (χ3v) is 4.76. The molecule has 1 aromatic carbocycles. The van der Waals surface area contributed by atoms with Crippen LogP contribution in [-0.2, 0) is 26.4 Å². The van der Waals surface area contributed by atoms with Gasteiger partial charge in [-0.15, -0.1) is 0 Å². The molecule has 4 heteroatoms. The lowest BCUT2D eigenvalue weighted by Gasteiger charge is -2.16. The molecular weight excluding hydrogens is 289 g/mol. The molecule has 0 N–H and O–H groups in total. The number of halogens is 1. The number of benzene rings is 1. The molecule has 0 atom stereocenters. The summed E-state index contributed by atoms with van der Waals surface area (Å²) in [4.78, 5) is 0. The van der Waals surface area contributed by atoms with E-state index in [4.69, 9.17) is 0 Å². The largest absolute Gasteiger partial charge is 0.346 e. The van der Waals surface area contributed by atoms with Crippen molar-refractivity contribution in [2.75, 3.05) is 0 Å². The minimum Gasteiger partial charge on any atom is -0.346 e. The molecule has 3 nitrogen and oxygen atoms in total. The molecule has 0 amide bonds. The summed E-state index contributed by atoms with van der Waals surface area (Å²) in [5, 5.41) is 4.31. The Morgan fingerprint density at radius 2 is 1.87 bits per heavy atom. The summed E-state index contributed by atoms with van der Waals surface area (Å²) in [5.74, 6) is -0.182. The van der Waals surface area contributed by atoms with E-state index in [1.807, 2.05) is 30.1 Å². The number of nitrogens with zero attached hydrogens (tertiary/aromatic N) is 3. The van der Waals surface area contributed by atoms with Gasteiger partial charge in [0.05, 0.1) is 5.69 Å². The first-order valence-corrected chi connectivity index (χ1v) is 8.16. The van der Waals surface area contributed by atoms with Gasteiger partial charge in [0.2, 0.25) is 0 Å². The van der Waals surface area contributed by atoms with Gasteiger partial charge in [0.1, 0.15) is 5.82 Å². The molecule has 0 aliphatic heterocycles. The second-order valence-corrected chi connectivity index (χ2v) is 6.27. The molecule has 2 heterocycles. The number of hydrogen-bond donors (Lipinski definition) is 0. The Hall–Kier alpha value is -2.36. The molecular formula is C19H20FN3. The summed E-state index contributed by atoms with van der Waals surface area (Å²) in [7, 11) is 1.99. The van der Waals surface area contributed by atoms with Crippen molar-refractivity contribution < 1.29 is 4.39 Å². The Labute approximate surface area is 135 Å². The number of aromatic nitrogens is 3. The second kappa shape index (κ2) is 5.69. The molecule has 0 bridgehead atoms. The minimum atomic E-state index is -0.182. The molecule has 0 saturated carbocycles. The van der Waals surface area contributed by atoms with Crippen molar-refractivity contribution in [2.24, 2.45) is 7.05 Å². The molecule has 2 aromatic heterocycles. The van der Waals surface area contributed by atoms with Gasteiger partial charge in [-0.2, -0.15) is 5.10 Å². The Balaban J connectivity index is 1.76. The molecule has 23 heavy (non-hydrogen) atoms. The number of rotatable bonds is 3. The fourth-order valence-corrected chi connectivity index (χ4v) is 3.59. The van der Waals surface area contributed by atoms with Gasteiger partial charge >= 0.3 is 0 Å². The van der Waals surface area contributed by atoms with E-state index in [0.717, 1.165) is 24.9 Å². The summed E-state index contributed by atoms with van der Waals surface area (Å²) >= 11 is 0. The summed E-state index contributed by atoms with van der Waals surface area (Å²) in [5.41, 5.74) is 6.48. The van der Waals surface area contributed by atoms with Crippen LogP contribution in [-0.4, -0.2) is 14.3 Å². The van der Waals surface area contributed by atoms with Gasteiger partial charge in [-0.05, 0) is 55.0 Å². The average Bonchev–Trinajstić information content (AvgIpc) is 3.14. The van der Waals surface area contributed by atoms with Crippen LogP contribution in [0, 0.1) is 5.82 Å². The molecule has 118 valence electrons. The van der Waals surface area contributed by atoms with Crippen molar-refractivity contribution in [3.8, 4) is 11.3 Å². The maximum atomic E-state index is 13.1. The van der Waals surface area contributed by atoms with E-state index in [1.54, 1.807) is 0 Å². The SMILES string of the molecule is Cn1nccc1-c1cn(Cc2ccc(F)cc2)c2c1CCCC2. The zero-order valence-electron chi connectivity index (χ0n) is 13.3. The smallest absolute Gasteiger partial charge is 0.123 e. The summed E-state index contributed by atoms with van der Waals surface area (Å²) in [6.45, 7) is 0.792. The number of aryl methyl sites for hydroxylation is 1. The van der Waals surface area contributed by atoms with Crippen LogP contribution in [0.1, 0.15) is 29.7 Å². The van der Waals surface area contributed by atoms with Crippen molar-refractivity contribution in [3.63, 3.8) is 0 Å². The predicted molar refractivity (Wildman–Crippen MR) is 88.8 cm³/mol. The molecule has 0 saturated heterocycles. The lowest BCUT2D eigenvalue weighted by atomic mass is 9.94. The minimum absolute atomic E-state index is 0.182. The van der Waals surface area contributed by atoms with E-state index >= 15 is 0 Å². The van der Waals surface area contributed by atoms with E-state index in [-0.39, 0.29) is 5.82 Å². The fraction of sp³-hybridized carbons (Fsp3) is 0.316. The van der Waals surface area contributed by atoms with E-state index < -0.39 is 0 Å². The molecule has 3 aromatic rings. The molecule has 4 rings (SSSR count). The van der Waals surface area contributed by atoms with Crippen molar-refractivity contribution in [2.45, 2.75) is 32.2 Å². The molecule has 0 spiro atoms. The van der Waals surface area contributed by atoms with Gasteiger partial charge in [0, 0.05) is 37.2 Å². The van der Waals surface area contributed by atoms with Crippen LogP contribution < -0.4 is 0 Å². The fourth-order valence-electron chi connectivity index (χ4n) is 3.59. The zero-order valence-corrected chi connectivity index (χ0v) is 13.3. The first kappa shape index (κ1) is 14.2. The first-order valence-electron chi connectivity index (χ1n) is 8.16. The lowest BCUT2D eigenvalue weighted by Crippen LogP contribution is -2.09. The Bertz CT molecular complexity index is 827. The van der Waals surface area contributed by atoms with Gasteiger partial charge in [-0.3, -0.25) is 4.68 Å². The van der Waals surface area contributed by atoms with Crippen molar-refractivity contribution in [1.29, 1.82) is 0 Å². The maximum Gasteiger partial charge on any atom is 0.123 e. The van der Waals surface area contributed by atoms with Crippen LogP contribution in [0.2, 0.25) is 0 Å². The van der Waals surface area contributed by atoms with Crippen LogP contribution in [0.15, 0.2) is 42.7 Å². The highest BCUT2D eigenvalue weighted by Gasteiger charge is 2.21. The van der Waals surface area contributed by atoms with Gasteiger partial charge in [0.25, 0.3) is 0 Å². The molecule has 1 aliphatic carbocycles. The number of hydrogen-bond acceptors (Lipinski definition) is 1. The monoisotopic (exact) mass is 309 g/mol. The third-order valence-electron chi connectivity index (χ3n) is 4.76. The average molecular weight is 309 g/mol. The first-order chi connectivity index (χ1) is 11.2. The van der Waals surface area contributed by atoms with E-state index in [0.29, 0.717) is 0 Å². The van der Waals surface area contributed by atoms with Gasteiger partial charge in [-0.25, -0.2) is 4.39 Å². The lowest BCUT2D eigenvalue weighted by molar-refractivity contribution is 0.621. The third kappa shape index (κ3) is 2.58. The molecule has 1 aliphatic rings. The van der Waals surface area contributed by atoms with E-state index in [1.165, 1.54) is 47.5 Å². The standard InChI is InChI=1S/C19H20FN3/c1-22-18(10-11-21-22)17-13-23(19-5-3-2-4-16(17)19)12-14-6-8-15(20)9-7-14/h6-11,13H,2-5,12H2,1H3. The van der Waals surface area contributed by atoms with Gasteiger partial charge in [0.15, 0.2) is 0 Å².